The summed E-state index contributed by atoms with van der Waals surface area (Å²) in [5.41, 5.74) is -1.45. The van der Waals surface area contributed by atoms with E-state index in [1.165, 1.54) is 37.3 Å². The molecule has 1 heterocycles. The predicted octanol–water partition coefficient (Wildman–Crippen LogP) is 5.98. The first-order valence-corrected chi connectivity index (χ1v) is 10.6. The summed E-state index contributed by atoms with van der Waals surface area (Å²) in [6.45, 7) is 3.10. The van der Waals surface area contributed by atoms with E-state index in [9.17, 15) is 35.9 Å². The zero-order valence-electron chi connectivity index (χ0n) is 18.4. The zero-order valence-corrected chi connectivity index (χ0v) is 19.2. The zero-order chi connectivity index (χ0) is 26.1. The number of hydrogen-bond donors (Lipinski definition) is 1. The molecule has 188 valence electrons. The minimum absolute atomic E-state index is 0.0778. The molecule has 1 amide bonds. The number of ketones is 1. The molecule has 12 heteroatoms. The van der Waals surface area contributed by atoms with Crippen LogP contribution in [0.25, 0.3) is 0 Å². The van der Waals surface area contributed by atoms with Crippen LogP contribution in [0.5, 0.6) is 0 Å². The Bertz CT molecular complexity index is 1200. The van der Waals surface area contributed by atoms with Gasteiger partial charge in [-0.05, 0) is 48.7 Å². The largest absolute Gasteiger partial charge is 0.484 e. The fourth-order valence-electron chi connectivity index (χ4n) is 3.75. The van der Waals surface area contributed by atoms with Gasteiger partial charge in [-0.15, -0.1) is 0 Å². The van der Waals surface area contributed by atoms with Crippen molar-refractivity contribution in [2.24, 2.45) is 5.16 Å². The lowest BCUT2D eigenvalue weighted by Gasteiger charge is -2.27. The van der Waals surface area contributed by atoms with Crippen molar-refractivity contribution in [2.75, 3.05) is 0 Å². The van der Waals surface area contributed by atoms with Crippen molar-refractivity contribution in [3.8, 4) is 0 Å². The number of aryl methyl sites for hydroxylation is 2. The molecule has 0 bridgehead atoms. The molecular formula is C23H19ClF6N2O3. The van der Waals surface area contributed by atoms with E-state index >= 15 is 0 Å². The molecule has 3 rings (SSSR count). The van der Waals surface area contributed by atoms with Gasteiger partial charge in [0.05, 0.1) is 10.7 Å². The summed E-state index contributed by atoms with van der Waals surface area (Å²) < 4.78 is 79.5. The van der Waals surface area contributed by atoms with Crippen molar-refractivity contribution in [1.29, 1.82) is 0 Å². The number of rotatable bonds is 7. The highest BCUT2D eigenvalue weighted by atomic mass is 35.5. The van der Waals surface area contributed by atoms with Gasteiger partial charge in [0, 0.05) is 30.4 Å². The summed E-state index contributed by atoms with van der Waals surface area (Å²) in [4.78, 5) is 28.8. The van der Waals surface area contributed by atoms with E-state index in [1.54, 1.807) is 6.92 Å². The minimum atomic E-state index is -4.89. The first-order chi connectivity index (χ1) is 16.2. The number of carbonyl (C=O) groups excluding carboxylic acids is 2. The Morgan fingerprint density at radius 3 is 2.46 bits per heavy atom. The number of nitrogens with zero attached hydrogens (tertiary/aromatic N) is 1. The Kier molecular flexibility index (Phi) is 7.49. The van der Waals surface area contributed by atoms with Gasteiger partial charge in [-0.1, -0.05) is 28.9 Å². The van der Waals surface area contributed by atoms with Crippen LogP contribution in [-0.4, -0.2) is 30.1 Å². The number of amides is 1. The average Bonchev–Trinajstić information content (AvgIpc) is 3.20. The van der Waals surface area contributed by atoms with Gasteiger partial charge < -0.3 is 4.84 Å². The number of benzene rings is 2. The number of nitrogens with one attached hydrogen (secondary N) is 1. The van der Waals surface area contributed by atoms with Crippen LogP contribution in [0.3, 0.4) is 0 Å². The second-order valence-electron chi connectivity index (χ2n) is 8.10. The van der Waals surface area contributed by atoms with Crippen LogP contribution in [0, 0.1) is 19.7 Å². The van der Waals surface area contributed by atoms with Gasteiger partial charge in [0.25, 0.3) is 6.43 Å². The van der Waals surface area contributed by atoms with Gasteiger partial charge in [-0.3, -0.25) is 14.9 Å². The van der Waals surface area contributed by atoms with E-state index in [2.05, 4.69) is 5.16 Å². The third kappa shape index (κ3) is 5.77. The van der Waals surface area contributed by atoms with E-state index in [0.29, 0.717) is 16.7 Å². The molecule has 1 aliphatic rings. The van der Waals surface area contributed by atoms with E-state index in [4.69, 9.17) is 16.4 Å². The first-order valence-electron chi connectivity index (χ1n) is 10.2. The number of hydrogen-bond acceptors (Lipinski definition) is 4. The molecule has 2 aromatic carbocycles. The molecule has 0 radical (unpaired) electrons. The first kappa shape index (κ1) is 26.5. The van der Waals surface area contributed by atoms with E-state index in [-0.39, 0.29) is 16.3 Å². The van der Waals surface area contributed by atoms with Gasteiger partial charge in [-0.2, -0.15) is 13.2 Å². The second-order valence-corrected chi connectivity index (χ2v) is 8.51. The third-order valence-electron chi connectivity index (χ3n) is 5.45. The highest BCUT2D eigenvalue weighted by molar-refractivity contribution is 6.30. The van der Waals surface area contributed by atoms with Crippen LogP contribution >= 0.6 is 11.6 Å². The molecule has 1 atom stereocenters. The lowest BCUT2D eigenvalue weighted by atomic mass is 9.86. The summed E-state index contributed by atoms with van der Waals surface area (Å²) in [5, 5.41) is 4.23. The Morgan fingerprint density at radius 2 is 1.86 bits per heavy atom. The number of carbonyl (C=O) groups is 2. The Hall–Kier alpha value is -3.08. The summed E-state index contributed by atoms with van der Waals surface area (Å²) in [7, 11) is 0. The van der Waals surface area contributed by atoms with Crippen LogP contribution in [0.4, 0.5) is 26.3 Å². The minimum Gasteiger partial charge on any atom is -0.377 e. The van der Waals surface area contributed by atoms with Crippen molar-refractivity contribution in [3.63, 3.8) is 0 Å². The van der Waals surface area contributed by atoms with Gasteiger partial charge in [0.15, 0.2) is 5.78 Å². The topological polar surface area (TPSA) is 67.8 Å². The molecule has 1 N–H and O–H groups in total. The van der Waals surface area contributed by atoms with Crippen LogP contribution < -0.4 is 5.32 Å². The summed E-state index contributed by atoms with van der Waals surface area (Å²) in [5.74, 6) is -2.96. The van der Waals surface area contributed by atoms with Crippen molar-refractivity contribution in [1.82, 2.24) is 5.32 Å². The molecular weight excluding hydrogens is 502 g/mol. The average molecular weight is 521 g/mol. The molecule has 35 heavy (non-hydrogen) atoms. The molecule has 0 spiro atoms. The molecule has 0 aliphatic carbocycles. The lowest BCUT2D eigenvalue weighted by Crippen LogP contribution is -2.37. The van der Waals surface area contributed by atoms with Crippen LogP contribution in [-0.2, 0) is 15.2 Å². The quantitative estimate of drug-likeness (QED) is 0.277. The maximum atomic E-state index is 14.7. The number of oxime groups is 1. The fraction of sp³-hybridized carbons (Fsp3) is 0.348. The lowest BCUT2D eigenvalue weighted by molar-refractivity contribution is -0.169. The second kappa shape index (κ2) is 9.88. The Morgan fingerprint density at radius 1 is 1.17 bits per heavy atom. The highest BCUT2D eigenvalue weighted by Gasteiger charge is 2.52. The Balaban J connectivity index is 1.79. The van der Waals surface area contributed by atoms with E-state index in [0.717, 1.165) is 5.32 Å². The molecule has 1 unspecified atom stereocenters. The van der Waals surface area contributed by atoms with Crippen LogP contribution in [0.1, 0.15) is 51.9 Å². The van der Waals surface area contributed by atoms with E-state index < -0.39 is 60.7 Å². The fourth-order valence-corrected chi connectivity index (χ4v) is 4.03. The van der Waals surface area contributed by atoms with Crippen LogP contribution in [0.15, 0.2) is 35.5 Å². The molecule has 0 saturated heterocycles. The number of alkyl halides is 5. The maximum Gasteiger partial charge on any atom is 0.484 e. The monoisotopic (exact) mass is 520 g/mol. The smallest absolute Gasteiger partial charge is 0.377 e. The van der Waals surface area contributed by atoms with Crippen molar-refractivity contribution in [3.05, 3.63) is 69.0 Å². The summed E-state index contributed by atoms with van der Waals surface area (Å²) in [6, 6.07) is 6.73. The molecule has 0 aromatic heterocycles. The standard InChI is InChI=1S/C23H19ClF6N2O3/c1-11-7-15(20(25)16(24)8-11)22(21(26)27)10-17(32-35-22)13-3-4-14(12(2)9-13)18(33)5-6-19(34)31-23(28,29)30/h3-4,7-9,21H,5-6,10H2,1-2H3,(H,31,34). The SMILES string of the molecule is Cc1cc(Cl)c(F)c(C2(C(F)F)CC(c3ccc(C(=O)CCC(=O)NC(F)(F)F)c(C)c3)=NO2)c1. The normalized spacial score (nSPS) is 17.8. The highest BCUT2D eigenvalue weighted by Crippen LogP contribution is 2.44. The molecule has 1 aliphatic heterocycles. The Labute approximate surface area is 201 Å². The predicted molar refractivity (Wildman–Crippen MR) is 115 cm³/mol. The maximum absolute atomic E-state index is 14.7. The van der Waals surface area contributed by atoms with Crippen molar-refractivity contribution >= 4 is 29.0 Å². The summed E-state index contributed by atoms with van der Waals surface area (Å²) in [6.07, 6.45) is -9.65. The van der Waals surface area contributed by atoms with E-state index in [1.807, 2.05) is 0 Å². The molecule has 2 aromatic rings. The van der Waals surface area contributed by atoms with Crippen LogP contribution in [0.2, 0.25) is 5.02 Å². The number of Topliss-reactive ketones (excluding diaryl/α,β-unsaturated/α-hetero) is 1. The molecule has 0 fully saturated rings. The van der Waals surface area contributed by atoms with Crippen molar-refractivity contribution in [2.45, 2.75) is 51.4 Å². The van der Waals surface area contributed by atoms with Gasteiger partial charge >= 0.3 is 6.30 Å². The third-order valence-corrected chi connectivity index (χ3v) is 5.73. The number of halogens is 7. The molecule has 0 saturated carbocycles. The summed E-state index contributed by atoms with van der Waals surface area (Å²) >= 11 is 5.84. The van der Waals surface area contributed by atoms with Crippen molar-refractivity contribution < 1.29 is 40.8 Å². The van der Waals surface area contributed by atoms with Gasteiger partial charge in [-0.25, -0.2) is 13.2 Å². The van der Waals surface area contributed by atoms with Gasteiger partial charge in [0.1, 0.15) is 5.82 Å². The van der Waals surface area contributed by atoms with Gasteiger partial charge in [0.2, 0.25) is 11.5 Å². The molecule has 5 nitrogen and oxygen atoms in total.